The minimum atomic E-state index is -4.59. The van der Waals surface area contributed by atoms with Gasteiger partial charge in [-0.3, -0.25) is 14.6 Å². The Morgan fingerprint density at radius 3 is 2.35 bits per heavy atom. The summed E-state index contributed by atoms with van der Waals surface area (Å²) in [6.45, 7) is 3.07. The fourth-order valence-electron chi connectivity index (χ4n) is 7.42. The Hall–Kier alpha value is -3.84. The quantitative estimate of drug-likeness (QED) is 0.242. The van der Waals surface area contributed by atoms with Crippen molar-refractivity contribution in [2.75, 3.05) is 32.4 Å². The average molecular weight is 693 g/mol. The zero-order chi connectivity index (χ0) is 34.6. The van der Waals surface area contributed by atoms with Crippen LogP contribution in [-0.2, 0) is 28.1 Å². The van der Waals surface area contributed by atoms with Gasteiger partial charge in [-0.1, -0.05) is 42.5 Å². The Morgan fingerprint density at radius 1 is 0.980 bits per heavy atom. The van der Waals surface area contributed by atoms with Gasteiger partial charge in [0.1, 0.15) is 0 Å². The third-order valence-corrected chi connectivity index (χ3v) is 11.4. The van der Waals surface area contributed by atoms with Gasteiger partial charge in [0.05, 0.1) is 38.9 Å². The summed E-state index contributed by atoms with van der Waals surface area (Å²) < 4.78 is 67.3. The van der Waals surface area contributed by atoms with Gasteiger partial charge in [0, 0.05) is 48.4 Å². The van der Waals surface area contributed by atoms with E-state index >= 15 is 0 Å². The largest absolute Gasteiger partial charge is 0.416 e. The zero-order valence-corrected chi connectivity index (χ0v) is 28.0. The van der Waals surface area contributed by atoms with Crippen LogP contribution in [0.2, 0.25) is 0 Å². The molecule has 1 atom stereocenters. The molecule has 2 saturated heterocycles. The second kappa shape index (κ2) is 12.8. The predicted molar refractivity (Wildman–Crippen MR) is 181 cm³/mol. The van der Waals surface area contributed by atoms with Gasteiger partial charge in [-0.2, -0.15) is 13.2 Å². The highest BCUT2D eigenvalue weighted by Crippen LogP contribution is 2.46. The number of aliphatic hydroxyl groups is 1. The lowest BCUT2D eigenvalue weighted by Gasteiger charge is -2.37. The van der Waals surface area contributed by atoms with E-state index in [1.54, 1.807) is 6.07 Å². The van der Waals surface area contributed by atoms with Crippen LogP contribution in [0.5, 0.6) is 0 Å². The second-order valence-electron chi connectivity index (χ2n) is 13.7. The molecule has 3 heterocycles. The smallest absolute Gasteiger partial charge is 0.392 e. The highest BCUT2D eigenvalue weighted by molar-refractivity contribution is 7.90. The fourth-order valence-corrected chi connectivity index (χ4v) is 8.07. The number of nitrogens with zero attached hydrogens (tertiary/aromatic N) is 3. The average Bonchev–Trinajstić information content (AvgIpc) is 3.73. The number of amides is 1. The number of nitrogens with one attached hydrogen (secondary N) is 1. The van der Waals surface area contributed by atoms with E-state index in [1.165, 1.54) is 24.3 Å². The number of aliphatic hydroxyl groups excluding tert-OH is 1. The first-order chi connectivity index (χ1) is 23.3. The van der Waals surface area contributed by atoms with Gasteiger partial charge >= 0.3 is 6.18 Å². The maximum atomic E-state index is 14.7. The molecule has 1 aromatic heterocycles. The number of rotatable bonds is 8. The molecule has 4 aromatic rings. The number of pyridine rings is 1. The fraction of sp³-hybridized carbons (Fsp3) is 0.405. The van der Waals surface area contributed by atoms with E-state index in [-0.39, 0.29) is 34.4 Å². The van der Waals surface area contributed by atoms with Crippen LogP contribution in [0.25, 0.3) is 22.2 Å². The highest BCUT2D eigenvalue weighted by atomic mass is 32.2. The number of halogens is 3. The minimum absolute atomic E-state index is 0.0198. The first-order valence-corrected chi connectivity index (χ1v) is 18.6. The molecular weight excluding hydrogens is 653 g/mol. The molecule has 3 aliphatic rings. The monoisotopic (exact) mass is 692 g/mol. The van der Waals surface area contributed by atoms with Gasteiger partial charge < -0.3 is 10.4 Å². The molecule has 1 amide bonds. The molecule has 3 aromatic carbocycles. The van der Waals surface area contributed by atoms with E-state index in [4.69, 9.17) is 4.98 Å². The molecule has 0 bridgehead atoms. The summed E-state index contributed by atoms with van der Waals surface area (Å²) in [5, 5.41) is 13.7. The first kappa shape index (κ1) is 33.6. The number of carbonyl (C=O) groups is 1. The molecule has 8 nitrogen and oxygen atoms in total. The van der Waals surface area contributed by atoms with Gasteiger partial charge in [-0.25, -0.2) is 13.4 Å². The van der Waals surface area contributed by atoms with Crippen molar-refractivity contribution < 1.29 is 31.5 Å². The van der Waals surface area contributed by atoms with Crippen molar-refractivity contribution in [1.29, 1.82) is 0 Å². The molecule has 1 aliphatic carbocycles. The molecule has 2 N–H and O–H groups in total. The van der Waals surface area contributed by atoms with Crippen LogP contribution in [0.15, 0.2) is 77.7 Å². The minimum Gasteiger partial charge on any atom is -0.392 e. The molecule has 3 fully saturated rings. The summed E-state index contributed by atoms with van der Waals surface area (Å²) in [6, 6.07) is 19.3. The number of aromatic nitrogens is 1. The van der Waals surface area contributed by atoms with Crippen LogP contribution >= 0.6 is 0 Å². The standard InChI is InChI=1S/C37H39F3N4O4S/c1-49(47,48)29-10-11-32-30(21-29)33(35(46)42-36(15-16-36)25-7-3-2-4-8-25)31(34(41-32)24-6-5-9-26(20-24)37(38,39)40)23-43-17-12-27(13-18-43)44-19-14-28(45)22-44/h2-11,20-21,27-28,45H,12-19,22-23H2,1H3,(H,42,46)/t28-/m1/s1. The van der Waals surface area contributed by atoms with E-state index in [9.17, 15) is 31.5 Å². The topological polar surface area (TPSA) is 103 Å². The molecule has 0 spiro atoms. The van der Waals surface area contributed by atoms with E-state index in [0.29, 0.717) is 42.1 Å². The van der Waals surface area contributed by atoms with Crippen molar-refractivity contribution >= 4 is 26.6 Å². The number of fused-ring (bicyclic) bond motifs is 1. The van der Waals surface area contributed by atoms with E-state index in [1.807, 2.05) is 30.3 Å². The lowest BCUT2D eigenvalue weighted by atomic mass is 9.93. The molecule has 7 rings (SSSR count). The SMILES string of the molecule is CS(=O)(=O)c1ccc2nc(-c3cccc(C(F)(F)F)c3)c(CN3CCC(N4CC[C@@H](O)C4)CC3)c(C(=O)NC3(c4ccccc4)CC3)c2c1. The van der Waals surface area contributed by atoms with Crippen molar-refractivity contribution in [3.63, 3.8) is 0 Å². The predicted octanol–water partition coefficient (Wildman–Crippen LogP) is 5.77. The lowest BCUT2D eigenvalue weighted by molar-refractivity contribution is -0.137. The van der Waals surface area contributed by atoms with Crippen LogP contribution in [0.1, 0.15) is 59.2 Å². The summed E-state index contributed by atoms with van der Waals surface area (Å²) in [6.07, 6.45) is 0.0484. The van der Waals surface area contributed by atoms with E-state index in [2.05, 4.69) is 15.1 Å². The van der Waals surface area contributed by atoms with Crippen LogP contribution in [-0.4, -0.2) is 78.8 Å². The summed E-state index contributed by atoms with van der Waals surface area (Å²) in [5.74, 6) is -0.427. The molecule has 12 heteroatoms. The van der Waals surface area contributed by atoms with Crippen molar-refractivity contribution in [2.24, 2.45) is 0 Å². The second-order valence-corrected chi connectivity index (χ2v) is 15.7. The van der Waals surface area contributed by atoms with Gasteiger partial charge in [0.15, 0.2) is 9.84 Å². The maximum absolute atomic E-state index is 14.7. The number of carbonyl (C=O) groups excluding carboxylic acids is 1. The van der Waals surface area contributed by atoms with Crippen LogP contribution in [0.4, 0.5) is 13.2 Å². The van der Waals surface area contributed by atoms with Gasteiger partial charge in [-0.15, -0.1) is 0 Å². The Labute approximate surface area is 283 Å². The number of sulfone groups is 1. The van der Waals surface area contributed by atoms with Gasteiger partial charge in [0.2, 0.25) is 0 Å². The maximum Gasteiger partial charge on any atom is 0.416 e. The molecule has 0 radical (unpaired) electrons. The number of likely N-dealkylation sites (tertiary alicyclic amines) is 2. The number of piperidine rings is 1. The normalized spacial score (nSPS) is 20.5. The van der Waals surface area contributed by atoms with Crippen molar-refractivity contribution in [1.82, 2.24) is 20.1 Å². The highest BCUT2D eigenvalue weighted by Gasteiger charge is 2.46. The van der Waals surface area contributed by atoms with Crippen LogP contribution < -0.4 is 5.32 Å². The molecule has 49 heavy (non-hydrogen) atoms. The first-order valence-electron chi connectivity index (χ1n) is 16.7. The number of hydrogen-bond acceptors (Lipinski definition) is 7. The molecular formula is C37H39F3N4O4S. The number of hydrogen-bond donors (Lipinski definition) is 2. The van der Waals surface area contributed by atoms with E-state index in [0.717, 1.165) is 62.6 Å². The summed E-state index contributed by atoms with van der Waals surface area (Å²) in [7, 11) is -3.66. The van der Waals surface area contributed by atoms with Gasteiger partial charge in [0.25, 0.3) is 5.91 Å². The van der Waals surface area contributed by atoms with Crippen molar-refractivity contribution in [3.8, 4) is 11.3 Å². The number of alkyl halides is 3. The summed E-state index contributed by atoms with van der Waals surface area (Å²) in [4.78, 5) is 24.0. The zero-order valence-electron chi connectivity index (χ0n) is 27.2. The summed E-state index contributed by atoms with van der Waals surface area (Å²) >= 11 is 0. The Kier molecular flexibility index (Phi) is 8.79. The Bertz CT molecular complexity index is 1990. The summed E-state index contributed by atoms with van der Waals surface area (Å²) in [5.41, 5.74) is 0.976. The molecule has 1 saturated carbocycles. The van der Waals surface area contributed by atoms with Crippen molar-refractivity contribution in [3.05, 3.63) is 95.1 Å². The molecule has 2 aliphatic heterocycles. The Morgan fingerprint density at radius 2 is 1.71 bits per heavy atom. The lowest BCUT2D eigenvalue weighted by Crippen LogP contribution is -2.44. The van der Waals surface area contributed by atoms with Crippen LogP contribution in [0, 0.1) is 0 Å². The third-order valence-electron chi connectivity index (χ3n) is 10.3. The molecule has 0 unspecified atom stereocenters. The van der Waals surface area contributed by atoms with Gasteiger partial charge in [-0.05, 0) is 81.1 Å². The van der Waals surface area contributed by atoms with E-state index < -0.39 is 33.0 Å². The molecule has 258 valence electrons. The van der Waals surface area contributed by atoms with Crippen molar-refractivity contribution in [2.45, 2.75) is 67.4 Å². The number of benzene rings is 3. The Balaban J connectivity index is 1.36. The van der Waals surface area contributed by atoms with Crippen LogP contribution in [0.3, 0.4) is 0 Å². The number of β-amino-alcohol motifs (C(OH)–C–C–N with tert-alkyl or cyclic N) is 1. The third kappa shape index (κ3) is 6.96.